The van der Waals surface area contributed by atoms with E-state index in [4.69, 9.17) is 9.26 Å². The fourth-order valence-electron chi connectivity index (χ4n) is 2.83. The Hall–Kier alpha value is -2.41. The molecule has 0 spiro atoms. The van der Waals surface area contributed by atoms with Crippen LogP contribution in [0.25, 0.3) is 11.4 Å². The predicted octanol–water partition coefficient (Wildman–Crippen LogP) is 0.688. The van der Waals surface area contributed by atoms with Crippen molar-refractivity contribution in [3.63, 3.8) is 0 Å². The number of nitrogens with zero attached hydrogens (tertiary/aromatic N) is 3. The third-order valence-corrected chi connectivity index (χ3v) is 3.95. The van der Waals surface area contributed by atoms with Crippen LogP contribution in [-0.2, 0) is 9.53 Å². The van der Waals surface area contributed by atoms with E-state index >= 15 is 0 Å². The second-order valence-electron chi connectivity index (χ2n) is 5.61. The smallest absolute Gasteiger partial charge is 0.324 e. The second kappa shape index (κ2) is 5.42. The maximum atomic E-state index is 12.0. The molecule has 2 aromatic rings. The molecule has 2 fully saturated rings. The standard InChI is InChI=1S/C15H16N4O3/c20-14-11-6-19(7-12(16-14)9-21-8-11)15-17-13(18-22-15)10-4-2-1-3-5-10/h1-5,11-12H,6-9H2,(H,16,20)/t11-,12+/m1/s1. The molecule has 0 unspecified atom stereocenters. The first-order valence-corrected chi connectivity index (χ1v) is 7.32. The number of nitrogens with one attached hydrogen (secondary N) is 1. The number of benzene rings is 1. The number of rotatable bonds is 2. The Morgan fingerprint density at radius 1 is 1.18 bits per heavy atom. The van der Waals surface area contributed by atoms with Gasteiger partial charge in [-0.1, -0.05) is 35.5 Å². The SMILES string of the molecule is O=C1N[C@@H]2COC[C@H]1CN(c1nc(-c3ccccc3)no1)C2. The third-order valence-electron chi connectivity index (χ3n) is 3.95. The van der Waals surface area contributed by atoms with Gasteiger partial charge in [-0.3, -0.25) is 4.79 Å². The molecule has 1 aromatic carbocycles. The summed E-state index contributed by atoms with van der Waals surface area (Å²) in [5.41, 5.74) is 0.907. The molecule has 1 amide bonds. The molecule has 0 radical (unpaired) electrons. The van der Waals surface area contributed by atoms with E-state index in [1.54, 1.807) is 0 Å². The Kier molecular flexibility index (Phi) is 3.27. The molecule has 2 aliphatic heterocycles. The van der Waals surface area contributed by atoms with Crippen LogP contribution in [0.4, 0.5) is 6.01 Å². The molecule has 7 nitrogen and oxygen atoms in total. The minimum Gasteiger partial charge on any atom is -0.378 e. The lowest BCUT2D eigenvalue weighted by Crippen LogP contribution is -2.42. The number of aromatic nitrogens is 2. The average Bonchev–Trinajstić information content (AvgIpc) is 2.87. The van der Waals surface area contributed by atoms with E-state index in [1.807, 2.05) is 35.2 Å². The van der Waals surface area contributed by atoms with Crippen LogP contribution in [0, 0.1) is 5.92 Å². The van der Waals surface area contributed by atoms with Gasteiger partial charge >= 0.3 is 6.01 Å². The first-order chi connectivity index (χ1) is 10.8. The molecule has 2 saturated heterocycles. The van der Waals surface area contributed by atoms with Crippen molar-refractivity contribution >= 4 is 11.9 Å². The quantitative estimate of drug-likeness (QED) is 0.879. The Labute approximate surface area is 127 Å². The summed E-state index contributed by atoms with van der Waals surface area (Å²) in [4.78, 5) is 18.4. The van der Waals surface area contributed by atoms with Crippen molar-refractivity contribution in [1.29, 1.82) is 0 Å². The maximum absolute atomic E-state index is 12.0. The van der Waals surface area contributed by atoms with Gasteiger partial charge in [0.1, 0.15) is 0 Å². The number of fused-ring (bicyclic) bond motifs is 3. The van der Waals surface area contributed by atoms with Crippen molar-refractivity contribution in [2.75, 3.05) is 31.2 Å². The monoisotopic (exact) mass is 300 g/mol. The highest BCUT2D eigenvalue weighted by Gasteiger charge is 2.35. The Morgan fingerprint density at radius 3 is 2.91 bits per heavy atom. The number of carbonyl (C=O) groups excluding carboxylic acids is 1. The largest absolute Gasteiger partial charge is 0.378 e. The van der Waals surface area contributed by atoms with Crippen LogP contribution in [0.5, 0.6) is 0 Å². The first-order valence-electron chi connectivity index (χ1n) is 7.32. The van der Waals surface area contributed by atoms with E-state index in [2.05, 4.69) is 15.5 Å². The zero-order valence-electron chi connectivity index (χ0n) is 11.9. The summed E-state index contributed by atoms with van der Waals surface area (Å²) in [7, 11) is 0. The van der Waals surface area contributed by atoms with E-state index in [-0.39, 0.29) is 17.9 Å². The van der Waals surface area contributed by atoms with Crippen LogP contribution in [0.2, 0.25) is 0 Å². The van der Waals surface area contributed by atoms with Gasteiger partial charge in [0.05, 0.1) is 25.2 Å². The van der Waals surface area contributed by atoms with Gasteiger partial charge < -0.3 is 19.5 Å². The number of hydrogen-bond acceptors (Lipinski definition) is 6. The Balaban J connectivity index is 1.60. The fourth-order valence-corrected chi connectivity index (χ4v) is 2.83. The van der Waals surface area contributed by atoms with Crippen molar-refractivity contribution in [3.05, 3.63) is 30.3 Å². The molecule has 0 saturated carbocycles. The van der Waals surface area contributed by atoms with Crippen LogP contribution in [0.15, 0.2) is 34.9 Å². The van der Waals surface area contributed by atoms with Gasteiger partial charge in [-0.05, 0) is 0 Å². The highest BCUT2D eigenvalue weighted by Crippen LogP contribution is 2.23. The normalized spacial score (nSPS) is 24.7. The van der Waals surface area contributed by atoms with E-state index in [0.717, 1.165) is 5.56 Å². The van der Waals surface area contributed by atoms with Crippen LogP contribution >= 0.6 is 0 Å². The number of anilines is 1. The average molecular weight is 300 g/mol. The third kappa shape index (κ3) is 2.43. The number of amides is 1. The summed E-state index contributed by atoms with van der Waals surface area (Å²) in [5, 5.41) is 7.02. The summed E-state index contributed by atoms with van der Waals surface area (Å²) in [5.74, 6) is 0.382. The van der Waals surface area contributed by atoms with Crippen LogP contribution in [-0.4, -0.2) is 48.4 Å². The second-order valence-corrected chi connectivity index (χ2v) is 5.61. The van der Waals surface area contributed by atoms with Crippen LogP contribution < -0.4 is 10.2 Å². The Morgan fingerprint density at radius 2 is 2.05 bits per heavy atom. The zero-order valence-corrected chi connectivity index (χ0v) is 11.9. The molecule has 22 heavy (non-hydrogen) atoms. The summed E-state index contributed by atoms with van der Waals surface area (Å²) in [6.07, 6.45) is 0. The first kappa shape index (κ1) is 13.3. The molecule has 2 bridgehead atoms. The summed E-state index contributed by atoms with van der Waals surface area (Å²) in [6.45, 7) is 2.08. The Bertz CT molecular complexity index is 672. The van der Waals surface area contributed by atoms with Crippen molar-refractivity contribution in [2.24, 2.45) is 5.92 Å². The highest BCUT2D eigenvalue weighted by atomic mass is 16.5. The molecule has 3 heterocycles. The molecule has 2 atom stereocenters. The lowest BCUT2D eigenvalue weighted by Gasteiger charge is -2.25. The van der Waals surface area contributed by atoms with Gasteiger partial charge in [0.2, 0.25) is 11.7 Å². The summed E-state index contributed by atoms with van der Waals surface area (Å²) in [6, 6.07) is 10.1. The van der Waals surface area contributed by atoms with Crippen molar-refractivity contribution in [3.8, 4) is 11.4 Å². The minimum atomic E-state index is -0.209. The van der Waals surface area contributed by atoms with Crippen LogP contribution in [0.1, 0.15) is 0 Å². The summed E-state index contributed by atoms with van der Waals surface area (Å²) >= 11 is 0. The number of ether oxygens (including phenoxy) is 1. The molecule has 0 aliphatic carbocycles. The molecule has 1 aromatic heterocycles. The summed E-state index contributed by atoms with van der Waals surface area (Å²) < 4.78 is 10.9. The van der Waals surface area contributed by atoms with Crippen LogP contribution in [0.3, 0.4) is 0 Å². The molecular formula is C15H16N4O3. The van der Waals surface area contributed by atoms with E-state index in [0.29, 0.717) is 38.1 Å². The molecule has 4 rings (SSSR count). The van der Waals surface area contributed by atoms with E-state index in [1.165, 1.54) is 0 Å². The lowest BCUT2D eigenvalue weighted by molar-refractivity contribution is -0.124. The van der Waals surface area contributed by atoms with E-state index in [9.17, 15) is 4.79 Å². The van der Waals surface area contributed by atoms with Gasteiger partial charge in [0.25, 0.3) is 0 Å². The van der Waals surface area contributed by atoms with Gasteiger partial charge in [-0.25, -0.2) is 0 Å². The number of carbonyl (C=O) groups is 1. The molecule has 1 N–H and O–H groups in total. The fraction of sp³-hybridized carbons (Fsp3) is 0.400. The predicted molar refractivity (Wildman–Crippen MR) is 78.2 cm³/mol. The highest BCUT2D eigenvalue weighted by molar-refractivity contribution is 5.80. The van der Waals surface area contributed by atoms with Crippen molar-refractivity contribution in [1.82, 2.24) is 15.5 Å². The maximum Gasteiger partial charge on any atom is 0.324 e. The van der Waals surface area contributed by atoms with Gasteiger partial charge in [0.15, 0.2) is 0 Å². The topological polar surface area (TPSA) is 80.5 Å². The van der Waals surface area contributed by atoms with Gasteiger partial charge in [-0.2, -0.15) is 4.98 Å². The molecular weight excluding hydrogens is 284 g/mol. The lowest BCUT2D eigenvalue weighted by atomic mass is 10.1. The van der Waals surface area contributed by atoms with Crippen molar-refractivity contribution in [2.45, 2.75) is 6.04 Å². The zero-order chi connectivity index (χ0) is 14.9. The van der Waals surface area contributed by atoms with E-state index < -0.39 is 0 Å². The van der Waals surface area contributed by atoms with Crippen molar-refractivity contribution < 1.29 is 14.1 Å². The van der Waals surface area contributed by atoms with Gasteiger partial charge in [0, 0.05) is 18.7 Å². The number of hydrogen-bond donors (Lipinski definition) is 1. The molecule has 7 heteroatoms. The molecule has 2 aliphatic rings. The molecule has 114 valence electrons. The van der Waals surface area contributed by atoms with Gasteiger partial charge in [-0.15, -0.1) is 0 Å². The minimum absolute atomic E-state index is 0.0350.